The molecule has 2 fully saturated rings. The summed E-state index contributed by atoms with van der Waals surface area (Å²) in [6.45, 7) is 3.16. The van der Waals surface area contributed by atoms with E-state index in [4.69, 9.17) is 5.73 Å². The molecule has 4 heteroatoms. The van der Waals surface area contributed by atoms with Crippen molar-refractivity contribution in [2.45, 2.75) is 38.1 Å². The highest BCUT2D eigenvalue weighted by atomic mass is 16.2. The van der Waals surface area contributed by atoms with Gasteiger partial charge in [-0.15, -0.1) is 0 Å². The van der Waals surface area contributed by atoms with Gasteiger partial charge in [-0.05, 0) is 18.8 Å². The topological polar surface area (TPSA) is 58.4 Å². The number of hydrogen-bond acceptors (Lipinski definition) is 3. The van der Waals surface area contributed by atoms with Crippen LogP contribution >= 0.6 is 0 Å². The lowest BCUT2D eigenvalue weighted by molar-refractivity contribution is -0.135. The van der Waals surface area contributed by atoms with Gasteiger partial charge in [0.25, 0.3) is 0 Å². The number of nitrogens with zero attached hydrogens (tertiary/aromatic N) is 1. The maximum Gasteiger partial charge on any atom is 0.223 e. The fraction of sp³-hybridized carbons (Fsp3) is 0.917. The van der Waals surface area contributed by atoms with Gasteiger partial charge in [-0.2, -0.15) is 0 Å². The smallest absolute Gasteiger partial charge is 0.223 e. The summed E-state index contributed by atoms with van der Waals surface area (Å²) < 4.78 is 0. The maximum atomic E-state index is 12.2. The summed E-state index contributed by atoms with van der Waals surface area (Å²) in [5.74, 6) is 0.963. The number of carbonyl (C=O) groups is 1. The minimum atomic E-state index is 0.211. The van der Waals surface area contributed by atoms with Gasteiger partial charge in [0.15, 0.2) is 0 Å². The molecule has 1 saturated carbocycles. The predicted octanol–water partition coefficient (Wildman–Crippen LogP) is 0.326. The first-order valence-electron chi connectivity index (χ1n) is 6.51. The number of rotatable bonds is 3. The van der Waals surface area contributed by atoms with Crippen LogP contribution in [0.15, 0.2) is 0 Å². The van der Waals surface area contributed by atoms with E-state index in [-0.39, 0.29) is 6.04 Å². The zero-order chi connectivity index (χ0) is 11.4. The summed E-state index contributed by atoms with van der Waals surface area (Å²) >= 11 is 0. The molecule has 1 saturated heterocycles. The average Bonchev–Trinajstić information content (AvgIpc) is 2.81. The normalized spacial score (nSPS) is 27.3. The van der Waals surface area contributed by atoms with Crippen LogP contribution in [0.3, 0.4) is 0 Å². The van der Waals surface area contributed by atoms with Crippen molar-refractivity contribution in [1.82, 2.24) is 10.2 Å². The summed E-state index contributed by atoms with van der Waals surface area (Å²) in [6, 6.07) is 0.211. The van der Waals surface area contributed by atoms with Crippen molar-refractivity contribution < 1.29 is 4.79 Å². The Hall–Kier alpha value is -0.610. The summed E-state index contributed by atoms with van der Waals surface area (Å²) in [5.41, 5.74) is 5.71. The van der Waals surface area contributed by atoms with Gasteiger partial charge in [0.1, 0.15) is 0 Å². The van der Waals surface area contributed by atoms with E-state index < -0.39 is 0 Å². The second-order valence-electron chi connectivity index (χ2n) is 5.04. The second kappa shape index (κ2) is 5.64. The first-order valence-corrected chi connectivity index (χ1v) is 6.51. The average molecular weight is 225 g/mol. The van der Waals surface area contributed by atoms with E-state index in [1.54, 1.807) is 0 Å². The van der Waals surface area contributed by atoms with Crippen LogP contribution in [0.2, 0.25) is 0 Å². The van der Waals surface area contributed by atoms with Crippen LogP contribution in [-0.2, 0) is 4.79 Å². The molecule has 0 aromatic rings. The third-order valence-electron chi connectivity index (χ3n) is 3.88. The molecule has 1 unspecified atom stereocenters. The number of hydrogen-bond donors (Lipinski definition) is 2. The molecule has 1 heterocycles. The Morgan fingerprint density at radius 1 is 1.38 bits per heavy atom. The molecule has 92 valence electrons. The van der Waals surface area contributed by atoms with Crippen LogP contribution in [0.1, 0.15) is 32.1 Å². The molecular formula is C12H23N3O. The van der Waals surface area contributed by atoms with Gasteiger partial charge in [-0.25, -0.2) is 0 Å². The standard InChI is InChI=1S/C12H23N3O/c13-8-11-9-14-5-6-15(11)12(16)7-10-3-1-2-4-10/h10-11,14H,1-9,13H2. The van der Waals surface area contributed by atoms with Crippen molar-refractivity contribution in [2.24, 2.45) is 11.7 Å². The van der Waals surface area contributed by atoms with Crippen molar-refractivity contribution >= 4 is 5.91 Å². The van der Waals surface area contributed by atoms with E-state index in [1.165, 1.54) is 25.7 Å². The largest absolute Gasteiger partial charge is 0.336 e. The van der Waals surface area contributed by atoms with Crippen molar-refractivity contribution in [2.75, 3.05) is 26.2 Å². The minimum absolute atomic E-state index is 0.211. The predicted molar refractivity (Wildman–Crippen MR) is 64.0 cm³/mol. The van der Waals surface area contributed by atoms with E-state index in [1.807, 2.05) is 4.90 Å². The molecule has 1 aliphatic carbocycles. The lowest BCUT2D eigenvalue weighted by atomic mass is 10.0. The fourth-order valence-electron chi connectivity index (χ4n) is 2.88. The van der Waals surface area contributed by atoms with Crippen LogP contribution in [0.4, 0.5) is 0 Å². The highest BCUT2D eigenvalue weighted by Gasteiger charge is 2.27. The number of amides is 1. The molecule has 1 aliphatic heterocycles. The Labute approximate surface area is 97.6 Å². The summed E-state index contributed by atoms with van der Waals surface area (Å²) in [4.78, 5) is 14.2. The van der Waals surface area contributed by atoms with Gasteiger partial charge in [0.2, 0.25) is 5.91 Å². The molecule has 0 spiro atoms. The highest BCUT2D eigenvalue weighted by Crippen LogP contribution is 2.28. The number of piperazine rings is 1. The maximum absolute atomic E-state index is 12.2. The summed E-state index contributed by atoms with van der Waals surface area (Å²) in [7, 11) is 0. The molecule has 2 aliphatic rings. The monoisotopic (exact) mass is 225 g/mol. The van der Waals surface area contributed by atoms with E-state index in [0.29, 0.717) is 18.4 Å². The molecule has 2 rings (SSSR count). The van der Waals surface area contributed by atoms with Gasteiger partial charge in [-0.1, -0.05) is 12.8 Å². The lowest BCUT2D eigenvalue weighted by Crippen LogP contribution is -2.56. The molecule has 1 amide bonds. The molecule has 16 heavy (non-hydrogen) atoms. The summed E-state index contributed by atoms with van der Waals surface area (Å²) in [6.07, 6.45) is 5.84. The van der Waals surface area contributed by atoms with Crippen LogP contribution in [0.5, 0.6) is 0 Å². The summed E-state index contributed by atoms with van der Waals surface area (Å²) in [5, 5.41) is 3.29. The molecule has 4 nitrogen and oxygen atoms in total. The third kappa shape index (κ3) is 2.74. The third-order valence-corrected chi connectivity index (χ3v) is 3.88. The van der Waals surface area contributed by atoms with Crippen molar-refractivity contribution in [3.05, 3.63) is 0 Å². The Morgan fingerprint density at radius 3 is 2.81 bits per heavy atom. The highest BCUT2D eigenvalue weighted by molar-refractivity contribution is 5.77. The van der Waals surface area contributed by atoms with E-state index in [9.17, 15) is 4.79 Å². The fourth-order valence-corrected chi connectivity index (χ4v) is 2.88. The van der Waals surface area contributed by atoms with Gasteiger partial charge in [0, 0.05) is 32.6 Å². The first-order chi connectivity index (χ1) is 7.81. The van der Waals surface area contributed by atoms with Gasteiger partial charge in [0.05, 0.1) is 6.04 Å². The van der Waals surface area contributed by atoms with Gasteiger partial charge >= 0.3 is 0 Å². The molecule has 0 radical (unpaired) electrons. The number of nitrogens with two attached hydrogens (primary N) is 1. The first kappa shape index (κ1) is 11.9. The quantitative estimate of drug-likeness (QED) is 0.727. The molecule has 0 bridgehead atoms. The number of nitrogens with one attached hydrogen (secondary N) is 1. The van der Waals surface area contributed by atoms with Gasteiger partial charge < -0.3 is 16.0 Å². The van der Waals surface area contributed by atoms with Crippen molar-refractivity contribution in [1.29, 1.82) is 0 Å². The Bertz CT molecular complexity index is 238. The van der Waals surface area contributed by atoms with Crippen LogP contribution in [0, 0.1) is 5.92 Å². The van der Waals surface area contributed by atoms with Crippen LogP contribution in [0.25, 0.3) is 0 Å². The Balaban J connectivity index is 1.86. The van der Waals surface area contributed by atoms with E-state index in [2.05, 4.69) is 5.32 Å². The van der Waals surface area contributed by atoms with E-state index >= 15 is 0 Å². The SMILES string of the molecule is NCC1CNCCN1C(=O)CC1CCCC1. The van der Waals surface area contributed by atoms with Crippen molar-refractivity contribution in [3.8, 4) is 0 Å². The second-order valence-corrected chi connectivity index (χ2v) is 5.04. The minimum Gasteiger partial charge on any atom is -0.336 e. The molecule has 0 aromatic carbocycles. The molecular weight excluding hydrogens is 202 g/mol. The molecule has 0 aromatic heterocycles. The number of carbonyl (C=O) groups excluding carboxylic acids is 1. The molecule has 1 atom stereocenters. The van der Waals surface area contributed by atoms with Gasteiger partial charge in [-0.3, -0.25) is 4.79 Å². The Morgan fingerprint density at radius 2 is 2.12 bits per heavy atom. The van der Waals surface area contributed by atoms with Crippen LogP contribution < -0.4 is 11.1 Å². The lowest BCUT2D eigenvalue weighted by Gasteiger charge is -2.36. The van der Waals surface area contributed by atoms with Crippen LogP contribution in [-0.4, -0.2) is 43.0 Å². The van der Waals surface area contributed by atoms with Crippen molar-refractivity contribution in [3.63, 3.8) is 0 Å². The zero-order valence-corrected chi connectivity index (χ0v) is 9.95. The molecule has 3 N–H and O–H groups in total. The Kier molecular flexibility index (Phi) is 4.18. The zero-order valence-electron chi connectivity index (χ0n) is 9.95. The van der Waals surface area contributed by atoms with E-state index in [0.717, 1.165) is 26.1 Å².